The minimum absolute atomic E-state index is 0.00620. The van der Waals surface area contributed by atoms with E-state index >= 15 is 0 Å². The zero-order valence-electron chi connectivity index (χ0n) is 11.8. The van der Waals surface area contributed by atoms with E-state index in [2.05, 4.69) is 0 Å². The van der Waals surface area contributed by atoms with Gasteiger partial charge in [0.2, 0.25) is 0 Å². The molecule has 1 aromatic carbocycles. The lowest BCUT2D eigenvalue weighted by atomic mass is 9.81. The summed E-state index contributed by atoms with van der Waals surface area (Å²) in [5, 5.41) is 0. The highest BCUT2D eigenvalue weighted by Gasteiger charge is 2.29. The fraction of sp³-hybridized carbons (Fsp3) is 0.294. The quantitative estimate of drug-likeness (QED) is 0.746. The largest absolute Gasteiger partial charge is 0.289 e. The van der Waals surface area contributed by atoms with Crippen LogP contribution in [-0.2, 0) is 0 Å². The van der Waals surface area contributed by atoms with Crippen molar-refractivity contribution in [2.75, 3.05) is 0 Å². The molecule has 0 atom stereocenters. The molecule has 0 amide bonds. The van der Waals surface area contributed by atoms with Gasteiger partial charge in [-0.05, 0) is 39.7 Å². The Hall–Kier alpha value is -1.96. The highest BCUT2D eigenvalue weighted by molar-refractivity contribution is 6.27. The fourth-order valence-electron chi connectivity index (χ4n) is 2.37. The van der Waals surface area contributed by atoms with Crippen molar-refractivity contribution in [1.82, 2.24) is 0 Å². The van der Waals surface area contributed by atoms with E-state index in [1.54, 1.807) is 13.0 Å². The molecule has 0 aromatic heterocycles. The third kappa shape index (κ3) is 2.30. The first-order chi connectivity index (χ1) is 8.93. The molecule has 0 heterocycles. The van der Waals surface area contributed by atoms with Crippen LogP contribution in [0.5, 0.6) is 0 Å². The molecule has 0 saturated carbocycles. The molecule has 2 rings (SSSR count). The molecule has 1 aromatic rings. The maximum Gasteiger partial charge on any atom is 0.190 e. The van der Waals surface area contributed by atoms with Gasteiger partial charge in [0.15, 0.2) is 11.6 Å². The van der Waals surface area contributed by atoms with Crippen molar-refractivity contribution in [1.29, 1.82) is 0 Å². The molecule has 0 bridgehead atoms. The Morgan fingerprint density at radius 3 is 2.42 bits per heavy atom. The van der Waals surface area contributed by atoms with Crippen molar-refractivity contribution in [3.8, 4) is 0 Å². The van der Waals surface area contributed by atoms with Gasteiger partial charge in [0.05, 0.1) is 0 Å². The maximum atomic E-state index is 12.5. The summed E-state index contributed by atoms with van der Waals surface area (Å²) in [7, 11) is 0. The van der Waals surface area contributed by atoms with Crippen molar-refractivity contribution in [2.45, 2.75) is 34.1 Å². The van der Waals surface area contributed by atoms with E-state index in [0.717, 1.165) is 11.1 Å². The average molecular weight is 254 g/mol. The first-order valence-electron chi connectivity index (χ1n) is 6.45. The zero-order chi connectivity index (χ0) is 14.2. The predicted octanol–water partition coefficient (Wildman–Crippen LogP) is 4.05. The fourth-order valence-corrected chi connectivity index (χ4v) is 2.37. The Bertz CT molecular complexity index is 627. The van der Waals surface area contributed by atoms with E-state index in [1.165, 1.54) is 0 Å². The highest BCUT2D eigenvalue weighted by atomic mass is 16.1. The number of rotatable bonds is 2. The number of ketones is 2. The second kappa shape index (κ2) is 4.96. The summed E-state index contributed by atoms with van der Waals surface area (Å²) in [5.41, 5.74) is 4.36. The van der Waals surface area contributed by atoms with E-state index in [9.17, 15) is 9.59 Å². The van der Waals surface area contributed by atoms with Crippen LogP contribution < -0.4 is 0 Å². The highest BCUT2D eigenvalue weighted by Crippen LogP contribution is 2.30. The summed E-state index contributed by atoms with van der Waals surface area (Å²) in [4.78, 5) is 24.9. The maximum absolute atomic E-state index is 12.5. The SMILES string of the molecule is CC(C)=CCC1=C(C)C(=O)c2c(C)cccc2C1=O. The molecule has 2 nitrogen and oxygen atoms in total. The van der Waals surface area contributed by atoms with Crippen LogP contribution in [0.25, 0.3) is 0 Å². The number of hydrogen-bond acceptors (Lipinski definition) is 2. The molecule has 0 unspecified atom stereocenters. The van der Waals surface area contributed by atoms with Gasteiger partial charge in [-0.25, -0.2) is 0 Å². The first kappa shape index (κ1) is 13.5. The molecule has 1 aliphatic rings. The van der Waals surface area contributed by atoms with E-state index < -0.39 is 0 Å². The number of fused-ring (bicyclic) bond motifs is 1. The van der Waals surface area contributed by atoms with Gasteiger partial charge >= 0.3 is 0 Å². The van der Waals surface area contributed by atoms with E-state index in [0.29, 0.717) is 28.7 Å². The summed E-state index contributed by atoms with van der Waals surface area (Å²) < 4.78 is 0. The van der Waals surface area contributed by atoms with Crippen LogP contribution >= 0.6 is 0 Å². The van der Waals surface area contributed by atoms with Crippen molar-refractivity contribution >= 4 is 11.6 Å². The molecule has 0 N–H and O–H groups in total. The van der Waals surface area contributed by atoms with Gasteiger partial charge < -0.3 is 0 Å². The molecule has 1 aliphatic carbocycles. The minimum atomic E-state index is -0.00939. The van der Waals surface area contributed by atoms with Gasteiger partial charge in [0.1, 0.15) is 0 Å². The zero-order valence-corrected chi connectivity index (χ0v) is 11.8. The standard InChI is InChI=1S/C17H18O2/c1-10(2)8-9-13-12(4)16(18)15-11(3)6-5-7-14(15)17(13)19/h5-8H,9H2,1-4H3. The van der Waals surface area contributed by atoms with Gasteiger partial charge in [-0.15, -0.1) is 0 Å². The molecule has 19 heavy (non-hydrogen) atoms. The van der Waals surface area contributed by atoms with Crippen LogP contribution in [0.4, 0.5) is 0 Å². The van der Waals surface area contributed by atoms with Crippen LogP contribution in [0.2, 0.25) is 0 Å². The molecule has 0 radical (unpaired) electrons. The average Bonchev–Trinajstić information content (AvgIpc) is 2.35. The molecule has 0 fully saturated rings. The molecule has 2 heteroatoms. The van der Waals surface area contributed by atoms with Gasteiger partial charge in [0, 0.05) is 22.3 Å². The predicted molar refractivity (Wildman–Crippen MR) is 76.6 cm³/mol. The van der Waals surface area contributed by atoms with Crippen molar-refractivity contribution < 1.29 is 9.59 Å². The van der Waals surface area contributed by atoms with E-state index in [1.807, 2.05) is 39.0 Å². The monoisotopic (exact) mass is 254 g/mol. The third-order valence-electron chi connectivity index (χ3n) is 3.53. The Kier molecular flexibility index (Phi) is 3.52. The molecular formula is C17H18O2. The van der Waals surface area contributed by atoms with Gasteiger partial charge in [-0.1, -0.05) is 29.8 Å². The number of allylic oxidation sites excluding steroid dienone is 4. The lowest BCUT2D eigenvalue weighted by Gasteiger charge is -2.20. The van der Waals surface area contributed by atoms with Crippen molar-refractivity contribution in [2.24, 2.45) is 0 Å². The molecule has 0 aliphatic heterocycles. The molecule has 98 valence electrons. The van der Waals surface area contributed by atoms with Crippen LogP contribution in [-0.4, -0.2) is 11.6 Å². The normalized spacial score (nSPS) is 14.5. The summed E-state index contributed by atoms with van der Waals surface area (Å²) in [6.07, 6.45) is 2.52. The van der Waals surface area contributed by atoms with Gasteiger partial charge in [-0.3, -0.25) is 9.59 Å². The van der Waals surface area contributed by atoms with Crippen LogP contribution in [0.3, 0.4) is 0 Å². The second-order valence-electron chi connectivity index (χ2n) is 5.24. The van der Waals surface area contributed by atoms with E-state index in [4.69, 9.17) is 0 Å². The molecule has 0 saturated heterocycles. The van der Waals surface area contributed by atoms with Crippen LogP contribution in [0, 0.1) is 6.92 Å². The number of hydrogen-bond donors (Lipinski definition) is 0. The van der Waals surface area contributed by atoms with E-state index in [-0.39, 0.29) is 11.6 Å². The third-order valence-corrected chi connectivity index (χ3v) is 3.53. The summed E-state index contributed by atoms with van der Waals surface area (Å²) in [6, 6.07) is 5.45. The van der Waals surface area contributed by atoms with Crippen LogP contribution in [0.1, 0.15) is 53.5 Å². The second-order valence-corrected chi connectivity index (χ2v) is 5.24. The summed E-state index contributed by atoms with van der Waals surface area (Å²) in [6.45, 7) is 7.61. The Morgan fingerprint density at radius 1 is 1.11 bits per heavy atom. The molecule has 0 spiro atoms. The number of carbonyl (C=O) groups is 2. The summed E-state index contributed by atoms with van der Waals surface area (Å²) >= 11 is 0. The number of benzene rings is 1. The van der Waals surface area contributed by atoms with Crippen molar-refractivity contribution in [3.63, 3.8) is 0 Å². The van der Waals surface area contributed by atoms with Crippen LogP contribution in [0.15, 0.2) is 41.0 Å². The van der Waals surface area contributed by atoms with Crippen molar-refractivity contribution in [3.05, 3.63) is 57.7 Å². The lowest BCUT2D eigenvalue weighted by molar-refractivity contribution is 0.0972. The van der Waals surface area contributed by atoms with Gasteiger partial charge in [-0.2, -0.15) is 0 Å². The Morgan fingerprint density at radius 2 is 1.79 bits per heavy atom. The van der Waals surface area contributed by atoms with Gasteiger partial charge in [0.25, 0.3) is 0 Å². The number of aryl methyl sites for hydroxylation is 1. The Balaban J connectivity index is 2.56. The smallest absolute Gasteiger partial charge is 0.190 e. The lowest BCUT2D eigenvalue weighted by Crippen LogP contribution is -2.21. The first-order valence-corrected chi connectivity index (χ1v) is 6.45. The summed E-state index contributed by atoms with van der Waals surface area (Å²) in [5.74, 6) is -0.0156. The number of carbonyl (C=O) groups excluding carboxylic acids is 2. The Labute approximate surface area is 113 Å². The topological polar surface area (TPSA) is 34.1 Å². The number of Topliss-reactive ketones (excluding diaryl/α,β-unsaturated/α-hetero) is 2. The minimum Gasteiger partial charge on any atom is -0.289 e. The molecular weight excluding hydrogens is 236 g/mol.